The van der Waals surface area contributed by atoms with Crippen LogP contribution in [0.4, 0.5) is 13.2 Å². The van der Waals surface area contributed by atoms with Gasteiger partial charge in [-0.3, -0.25) is 9.48 Å². The number of carboxylic acid groups (broad SMARTS) is 1. The van der Waals surface area contributed by atoms with Gasteiger partial charge in [0, 0.05) is 30.9 Å². The van der Waals surface area contributed by atoms with E-state index < -0.39 is 23.1 Å². The number of nitrogens with zero attached hydrogens (tertiary/aromatic N) is 4. The zero-order valence-electron chi connectivity index (χ0n) is 21.6. The average Bonchev–Trinajstić information content (AvgIpc) is 3.56. The second-order valence-electron chi connectivity index (χ2n) is 11.1. The summed E-state index contributed by atoms with van der Waals surface area (Å²) in [6.45, 7) is 5.89. The lowest BCUT2D eigenvalue weighted by atomic mass is 9.74. The zero-order valence-corrected chi connectivity index (χ0v) is 21.6. The number of aromatic nitrogens is 2. The number of hydrogen-bond acceptors (Lipinski definition) is 5. The molecule has 2 aromatic rings. The number of fused-ring (bicyclic) bond motifs is 1. The summed E-state index contributed by atoms with van der Waals surface area (Å²) in [5.41, 5.74) is -0.782. The highest BCUT2D eigenvalue weighted by Crippen LogP contribution is 2.48. The van der Waals surface area contributed by atoms with E-state index in [0.29, 0.717) is 17.7 Å². The molecular weight excluding hydrogens is 501 g/mol. The van der Waals surface area contributed by atoms with Gasteiger partial charge in [0.05, 0.1) is 35.3 Å². The van der Waals surface area contributed by atoms with Gasteiger partial charge in [-0.1, -0.05) is 13.8 Å². The van der Waals surface area contributed by atoms with Crippen LogP contribution in [-0.4, -0.2) is 62.4 Å². The zero-order chi connectivity index (χ0) is 27.2. The predicted molar refractivity (Wildman–Crippen MR) is 131 cm³/mol. The summed E-state index contributed by atoms with van der Waals surface area (Å²) in [7, 11) is 0. The monoisotopic (exact) mass is 534 g/mol. The largest absolute Gasteiger partial charge is 0.478 e. The second kappa shape index (κ2) is 9.91. The number of carbonyl (C=O) groups excluding carboxylic acids is 1. The molecule has 1 aromatic carbocycles. The number of benzene rings is 1. The predicted octanol–water partition coefficient (Wildman–Crippen LogP) is 4.81. The van der Waals surface area contributed by atoms with Crippen LogP contribution in [0.2, 0.25) is 0 Å². The van der Waals surface area contributed by atoms with Crippen LogP contribution < -0.4 is 4.74 Å². The Hall–Kier alpha value is -3.08. The lowest BCUT2D eigenvalue weighted by Gasteiger charge is -2.41. The van der Waals surface area contributed by atoms with Crippen molar-refractivity contribution in [1.82, 2.24) is 19.6 Å². The highest BCUT2D eigenvalue weighted by molar-refractivity contribution is 5.86. The van der Waals surface area contributed by atoms with E-state index >= 15 is 0 Å². The van der Waals surface area contributed by atoms with Crippen LogP contribution in [0.3, 0.4) is 0 Å². The van der Waals surface area contributed by atoms with Crippen molar-refractivity contribution in [2.24, 2.45) is 11.3 Å². The number of piperidine rings is 1. The Morgan fingerprint density at radius 3 is 2.53 bits per heavy atom. The molecule has 206 valence electrons. The van der Waals surface area contributed by atoms with Gasteiger partial charge in [-0.05, 0) is 56.2 Å². The molecule has 2 fully saturated rings. The number of aromatic carboxylic acids is 1. The molecule has 3 aliphatic rings. The van der Waals surface area contributed by atoms with E-state index in [0.717, 1.165) is 50.9 Å². The number of alkyl halides is 3. The molecular formula is C27H33F3N4O4. The van der Waals surface area contributed by atoms with Crippen molar-refractivity contribution in [3.63, 3.8) is 0 Å². The number of halogens is 3. The molecule has 0 spiro atoms. The maximum atomic E-state index is 13.9. The van der Waals surface area contributed by atoms with Gasteiger partial charge in [0.25, 0.3) is 0 Å². The standard InChI is InChI=1S/C27H33F3N4O4/c1-17(2)26(25(37)33-14-18-11-20(27(28,29)30)3-4-23(18)38-16-33)8-5-22(12-26)32-9-6-21(7-10-32)34-15-19(13-31-34)24(35)36/h3-4,11,13,15,17,21-22H,5-10,12,14,16H2,1-2H3,(H,35,36)/t22-,26+/m1/s1. The molecule has 0 unspecified atom stereocenters. The van der Waals surface area contributed by atoms with Crippen LogP contribution in [0.25, 0.3) is 0 Å². The van der Waals surface area contributed by atoms with Crippen molar-refractivity contribution in [3.8, 4) is 5.75 Å². The maximum Gasteiger partial charge on any atom is 0.416 e. The SMILES string of the molecule is CC(C)[C@]1(C(=O)N2COc3ccc(C(F)(F)F)cc3C2)CC[C@@H](N2CCC(n3cc(C(=O)O)cn3)CC2)C1. The number of hydrogen-bond donors (Lipinski definition) is 1. The molecule has 1 aliphatic carbocycles. The Bertz CT molecular complexity index is 1210. The topological polar surface area (TPSA) is 87.9 Å². The molecule has 0 bridgehead atoms. The van der Waals surface area contributed by atoms with E-state index in [1.54, 1.807) is 15.8 Å². The van der Waals surface area contributed by atoms with Crippen molar-refractivity contribution < 1.29 is 32.6 Å². The van der Waals surface area contributed by atoms with E-state index in [9.17, 15) is 22.8 Å². The van der Waals surface area contributed by atoms with Crippen LogP contribution >= 0.6 is 0 Å². The van der Waals surface area contributed by atoms with Crippen molar-refractivity contribution in [2.45, 2.75) is 70.8 Å². The lowest BCUT2D eigenvalue weighted by molar-refractivity contribution is -0.150. The number of ether oxygens (including phenoxy) is 1. The van der Waals surface area contributed by atoms with Crippen LogP contribution in [0.5, 0.6) is 5.75 Å². The average molecular weight is 535 g/mol. The molecule has 1 amide bonds. The van der Waals surface area contributed by atoms with Crippen molar-refractivity contribution >= 4 is 11.9 Å². The summed E-state index contributed by atoms with van der Waals surface area (Å²) in [6.07, 6.45) is 2.49. The van der Waals surface area contributed by atoms with Crippen molar-refractivity contribution in [3.05, 3.63) is 47.3 Å². The van der Waals surface area contributed by atoms with Gasteiger partial charge in [-0.15, -0.1) is 0 Å². The fourth-order valence-electron chi connectivity index (χ4n) is 6.35. The van der Waals surface area contributed by atoms with E-state index in [-0.39, 0.29) is 42.7 Å². The highest BCUT2D eigenvalue weighted by Gasteiger charge is 2.51. The third-order valence-electron chi connectivity index (χ3n) is 8.70. The van der Waals surface area contributed by atoms with Gasteiger partial charge in [0.2, 0.25) is 5.91 Å². The molecule has 1 aromatic heterocycles. The highest BCUT2D eigenvalue weighted by atomic mass is 19.4. The van der Waals surface area contributed by atoms with Crippen LogP contribution in [-0.2, 0) is 17.5 Å². The molecule has 2 aliphatic heterocycles. The Morgan fingerprint density at radius 2 is 1.89 bits per heavy atom. The van der Waals surface area contributed by atoms with E-state index in [1.807, 2.05) is 13.8 Å². The molecule has 38 heavy (non-hydrogen) atoms. The van der Waals surface area contributed by atoms with E-state index in [2.05, 4.69) is 10.00 Å². The normalized spacial score (nSPS) is 24.9. The molecule has 11 heteroatoms. The third-order valence-corrected chi connectivity index (χ3v) is 8.70. The number of amides is 1. The van der Waals surface area contributed by atoms with Gasteiger partial charge in [-0.25, -0.2) is 4.79 Å². The van der Waals surface area contributed by atoms with Crippen molar-refractivity contribution in [1.29, 1.82) is 0 Å². The molecule has 1 saturated carbocycles. The number of carboxylic acids is 1. The molecule has 1 N–H and O–H groups in total. The Labute approximate surface area is 219 Å². The van der Waals surface area contributed by atoms with E-state index in [1.165, 1.54) is 12.3 Å². The quantitative estimate of drug-likeness (QED) is 0.593. The molecule has 0 radical (unpaired) electrons. The van der Waals surface area contributed by atoms with Gasteiger partial charge in [-0.2, -0.15) is 18.3 Å². The fraction of sp³-hybridized carbons (Fsp3) is 0.593. The minimum atomic E-state index is -4.46. The lowest BCUT2D eigenvalue weighted by Crippen LogP contribution is -2.49. The molecule has 8 nitrogen and oxygen atoms in total. The minimum Gasteiger partial charge on any atom is -0.478 e. The number of carbonyl (C=O) groups is 2. The molecule has 1 saturated heterocycles. The molecule has 3 heterocycles. The summed E-state index contributed by atoms with van der Waals surface area (Å²) in [6, 6.07) is 3.80. The molecule has 2 atom stereocenters. The van der Waals surface area contributed by atoms with E-state index in [4.69, 9.17) is 9.84 Å². The van der Waals surface area contributed by atoms with Crippen LogP contribution in [0.15, 0.2) is 30.6 Å². The number of rotatable bonds is 5. The van der Waals surface area contributed by atoms with Crippen LogP contribution in [0.1, 0.15) is 73.5 Å². The summed E-state index contributed by atoms with van der Waals surface area (Å²) >= 11 is 0. The first-order valence-corrected chi connectivity index (χ1v) is 13.1. The van der Waals surface area contributed by atoms with Gasteiger partial charge in [0.1, 0.15) is 5.75 Å². The van der Waals surface area contributed by atoms with Gasteiger partial charge < -0.3 is 19.6 Å². The Kier molecular flexibility index (Phi) is 6.91. The third kappa shape index (κ3) is 4.88. The summed E-state index contributed by atoms with van der Waals surface area (Å²) < 4.78 is 47.2. The first-order chi connectivity index (χ1) is 18.0. The van der Waals surface area contributed by atoms with Crippen molar-refractivity contribution in [2.75, 3.05) is 19.8 Å². The first-order valence-electron chi connectivity index (χ1n) is 13.1. The Balaban J connectivity index is 1.25. The van der Waals surface area contributed by atoms with Crippen LogP contribution in [0, 0.1) is 11.3 Å². The fourth-order valence-corrected chi connectivity index (χ4v) is 6.35. The molecule has 5 rings (SSSR count). The second-order valence-corrected chi connectivity index (χ2v) is 11.1. The summed E-state index contributed by atoms with van der Waals surface area (Å²) in [4.78, 5) is 29.1. The van der Waals surface area contributed by atoms with Gasteiger partial charge >= 0.3 is 12.1 Å². The Morgan fingerprint density at radius 1 is 1.16 bits per heavy atom. The summed E-state index contributed by atoms with van der Waals surface area (Å²) in [5.74, 6) is -0.581. The first kappa shape index (κ1) is 26.5. The smallest absolute Gasteiger partial charge is 0.416 e. The number of likely N-dealkylation sites (tertiary alicyclic amines) is 1. The van der Waals surface area contributed by atoms with Gasteiger partial charge in [0.15, 0.2) is 6.73 Å². The summed E-state index contributed by atoms with van der Waals surface area (Å²) in [5, 5.41) is 13.4. The maximum absolute atomic E-state index is 13.9. The minimum absolute atomic E-state index is 0.0317.